The van der Waals surface area contributed by atoms with E-state index in [1.54, 1.807) is 0 Å². The molecule has 3 unspecified atom stereocenters. The van der Waals surface area contributed by atoms with Crippen LogP contribution in [0.5, 0.6) is 0 Å². The second-order valence-electron chi connectivity index (χ2n) is 3.86. The third-order valence-electron chi connectivity index (χ3n) is 2.74. The van der Waals surface area contributed by atoms with E-state index >= 15 is 0 Å². The highest BCUT2D eigenvalue weighted by molar-refractivity contribution is 4.76. The van der Waals surface area contributed by atoms with E-state index in [-0.39, 0.29) is 0 Å². The number of nitrogens with one attached hydrogen (secondary N) is 1. The van der Waals surface area contributed by atoms with Gasteiger partial charge in [-0.3, -0.25) is 0 Å². The monoisotopic (exact) mass is 171 g/mol. The van der Waals surface area contributed by atoms with Crippen molar-refractivity contribution in [3.63, 3.8) is 0 Å². The van der Waals surface area contributed by atoms with E-state index in [2.05, 4.69) is 26.1 Å². The van der Waals surface area contributed by atoms with Crippen LogP contribution in [0.2, 0.25) is 0 Å². The van der Waals surface area contributed by atoms with Crippen LogP contribution in [-0.2, 0) is 4.74 Å². The molecule has 0 amide bonds. The first-order valence-corrected chi connectivity index (χ1v) is 5.10. The zero-order valence-electron chi connectivity index (χ0n) is 8.47. The van der Waals surface area contributed by atoms with Crippen LogP contribution in [0.3, 0.4) is 0 Å². The summed E-state index contributed by atoms with van der Waals surface area (Å²) in [6.45, 7) is 8.80. The Kier molecular flexibility index (Phi) is 4.02. The lowest BCUT2D eigenvalue weighted by Gasteiger charge is -2.31. The molecule has 2 nitrogen and oxygen atoms in total. The van der Waals surface area contributed by atoms with Crippen molar-refractivity contribution in [3.05, 3.63) is 0 Å². The summed E-state index contributed by atoms with van der Waals surface area (Å²) in [6.07, 6.45) is 3.22. The molecule has 1 aliphatic rings. The highest BCUT2D eigenvalue weighted by atomic mass is 16.5. The maximum absolute atomic E-state index is 5.89. The van der Waals surface area contributed by atoms with Gasteiger partial charge in [-0.15, -0.1) is 0 Å². The van der Waals surface area contributed by atoms with Gasteiger partial charge < -0.3 is 10.1 Å². The van der Waals surface area contributed by atoms with Crippen molar-refractivity contribution in [1.29, 1.82) is 0 Å². The Hall–Kier alpha value is -0.0800. The van der Waals surface area contributed by atoms with Gasteiger partial charge in [0.15, 0.2) is 0 Å². The number of rotatable bonds is 3. The summed E-state index contributed by atoms with van der Waals surface area (Å²) in [6, 6.07) is 0. The van der Waals surface area contributed by atoms with Crippen molar-refractivity contribution < 1.29 is 4.74 Å². The Morgan fingerprint density at radius 2 is 2.33 bits per heavy atom. The van der Waals surface area contributed by atoms with Crippen molar-refractivity contribution in [2.75, 3.05) is 13.1 Å². The van der Waals surface area contributed by atoms with Gasteiger partial charge in [-0.25, -0.2) is 0 Å². The molecule has 0 bridgehead atoms. The first kappa shape index (κ1) is 10.0. The standard InChI is InChI=1S/C10H21NO/c1-4-9(3)12-10-7-11-6-5-8(10)2/h8-11H,4-7H2,1-3H3. The van der Waals surface area contributed by atoms with E-state index in [1.165, 1.54) is 6.42 Å². The summed E-state index contributed by atoms with van der Waals surface area (Å²) < 4.78 is 5.89. The minimum Gasteiger partial charge on any atom is -0.374 e. The molecule has 0 spiro atoms. The molecule has 0 aromatic rings. The molecule has 3 atom stereocenters. The van der Waals surface area contributed by atoms with Crippen LogP contribution in [0.4, 0.5) is 0 Å². The zero-order valence-corrected chi connectivity index (χ0v) is 8.47. The molecule has 72 valence electrons. The van der Waals surface area contributed by atoms with Crippen LogP contribution >= 0.6 is 0 Å². The van der Waals surface area contributed by atoms with Gasteiger partial charge in [0.1, 0.15) is 0 Å². The maximum atomic E-state index is 5.89. The van der Waals surface area contributed by atoms with Crippen molar-refractivity contribution >= 4 is 0 Å². The molecule has 0 radical (unpaired) electrons. The molecule has 0 aliphatic carbocycles. The van der Waals surface area contributed by atoms with Crippen molar-refractivity contribution in [2.45, 2.75) is 45.8 Å². The van der Waals surface area contributed by atoms with Crippen LogP contribution in [0.1, 0.15) is 33.6 Å². The van der Waals surface area contributed by atoms with Crippen molar-refractivity contribution in [2.24, 2.45) is 5.92 Å². The highest BCUT2D eigenvalue weighted by Crippen LogP contribution is 2.16. The van der Waals surface area contributed by atoms with E-state index in [1.807, 2.05) is 0 Å². The van der Waals surface area contributed by atoms with E-state index < -0.39 is 0 Å². The Labute approximate surface area is 75.7 Å². The van der Waals surface area contributed by atoms with Crippen molar-refractivity contribution in [1.82, 2.24) is 5.32 Å². The van der Waals surface area contributed by atoms with Crippen LogP contribution < -0.4 is 5.32 Å². The van der Waals surface area contributed by atoms with Crippen LogP contribution in [-0.4, -0.2) is 25.3 Å². The fraction of sp³-hybridized carbons (Fsp3) is 1.00. The van der Waals surface area contributed by atoms with Gasteiger partial charge in [-0.05, 0) is 32.2 Å². The minimum absolute atomic E-state index is 0.414. The van der Waals surface area contributed by atoms with Crippen molar-refractivity contribution in [3.8, 4) is 0 Å². The largest absolute Gasteiger partial charge is 0.374 e. The van der Waals surface area contributed by atoms with Gasteiger partial charge in [0.25, 0.3) is 0 Å². The van der Waals surface area contributed by atoms with Gasteiger partial charge >= 0.3 is 0 Å². The molecule has 1 saturated heterocycles. The van der Waals surface area contributed by atoms with Gasteiger partial charge in [0.05, 0.1) is 12.2 Å². The van der Waals surface area contributed by atoms with E-state index in [4.69, 9.17) is 4.74 Å². The van der Waals surface area contributed by atoms with Gasteiger partial charge in [-0.2, -0.15) is 0 Å². The van der Waals surface area contributed by atoms with E-state index in [0.717, 1.165) is 25.4 Å². The molecule has 2 heteroatoms. The first-order chi connectivity index (χ1) is 5.74. The summed E-state index contributed by atoms with van der Waals surface area (Å²) >= 11 is 0. The second kappa shape index (κ2) is 4.83. The van der Waals surface area contributed by atoms with Crippen LogP contribution in [0.25, 0.3) is 0 Å². The summed E-state index contributed by atoms with van der Waals surface area (Å²) in [5.41, 5.74) is 0. The van der Waals surface area contributed by atoms with E-state index in [9.17, 15) is 0 Å². The first-order valence-electron chi connectivity index (χ1n) is 5.10. The Bertz CT molecular complexity index is 127. The molecule has 1 rings (SSSR count). The summed E-state index contributed by atoms with van der Waals surface area (Å²) in [4.78, 5) is 0. The number of ether oxygens (including phenoxy) is 1. The molecule has 0 saturated carbocycles. The fourth-order valence-electron chi connectivity index (χ4n) is 1.54. The third-order valence-corrected chi connectivity index (χ3v) is 2.74. The fourth-order valence-corrected chi connectivity index (χ4v) is 1.54. The summed E-state index contributed by atoms with van der Waals surface area (Å²) in [5, 5.41) is 3.37. The summed E-state index contributed by atoms with van der Waals surface area (Å²) in [5.74, 6) is 0.722. The van der Waals surface area contributed by atoms with Gasteiger partial charge in [-0.1, -0.05) is 13.8 Å². The highest BCUT2D eigenvalue weighted by Gasteiger charge is 2.22. The average Bonchev–Trinajstić information content (AvgIpc) is 2.09. The Balaban J connectivity index is 2.28. The molecule has 12 heavy (non-hydrogen) atoms. The predicted octanol–water partition coefficient (Wildman–Crippen LogP) is 1.80. The molecule has 1 heterocycles. The lowest BCUT2D eigenvalue weighted by molar-refractivity contribution is -0.0411. The Morgan fingerprint density at radius 3 is 2.92 bits per heavy atom. The van der Waals surface area contributed by atoms with Gasteiger partial charge in [0.2, 0.25) is 0 Å². The molecular formula is C10H21NO. The lowest BCUT2D eigenvalue weighted by Crippen LogP contribution is -2.42. The zero-order chi connectivity index (χ0) is 8.97. The molecule has 1 fully saturated rings. The maximum Gasteiger partial charge on any atom is 0.0728 e. The van der Waals surface area contributed by atoms with Gasteiger partial charge in [0, 0.05) is 6.54 Å². The normalized spacial score (nSPS) is 33.2. The molecule has 1 N–H and O–H groups in total. The molecule has 1 aliphatic heterocycles. The molecular weight excluding hydrogens is 150 g/mol. The summed E-state index contributed by atoms with van der Waals surface area (Å²) in [7, 11) is 0. The predicted molar refractivity (Wildman–Crippen MR) is 51.3 cm³/mol. The number of piperidine rings is 1. The van der Waals surface area contributed by atoms with Crippen LogP contribution in [0, 0.1) is 5.92 Å². The smallest absolute Gasteiger partial charge is 0.0728 e. The Morgan fingerprint density at radius 1 is 1.58 bits per heavy atom. The second-order valence-corrected chi connectivity index (χ2v) is 3.86. The average molecular weight is 171 g/mol. The minimum atomic E-state index is 0.414. The SMILES string of the molecule is CCC(C)OC1CNCCC1C. The molecule has 0 aromatic heterocycles. The molecule has 0 aromatic carbocycles. The van der Waals surface area contributed by atoms with Crippen LogP contribution in [0.15, 0.2) is 0 Å². The number of hydrogen-bond acceptors (Lipinski definition) is 2. The van der Waals surface area contributed by atoms with E-state index in [0.29, 0.717) is 12.2 Å². The quantitative estimate of drug-likeness (QED) is 0.699. The topological polar surface area (TPSA) is 21.3 Å². The third kappa shape index (κ3) is 2.76. The number of hydrogen-bond donors (Lipinski definition) is 1. The lowest BCUT2D eigenvalue weighted by atomic mass is 9.97.